The molecule has 1 aromatic rings. The molecule has 1 aromatic heterocycles. The van der Waals surface area contributed by atoms with Crippen molar-refractivity contribution in [3.8, 4) is 5.75 Å². The van der Waals surface area contributed by atoms with Gasteiger partial charge in [0.25, 0.3) is 0 Å². The van der Waals surface area contributed by atoms with Crippen molar-refractivity contribution in [2.24, 2.45) is 0 Å². The Bertz CT molecular complexity index is 330. The third-order valence-corrected chi connectivity index (χ3v) is 1.85. The lowest BCUT2D eigenvalue weighted by atomic mass is 10.2. The zero-order valence-corrected chi connectivity index (χ0v) is 7.64. The molecule has 4 heteroatoms. The zero-order chi connectivity index (χ0) is 9.14. The summed E-state index contributed by atoms with van der Waals surface area (Å²) in [7, 11) is 1.49. The van der Waals surface area contributed by atoms with E-state index in [-0.39, 0.29) is 5.88 Å². The molecule has 1 heterocycles. The Labute approximate surface area is 74.9 Å². The van der Waals surface area contributed by atoms with Crippen molar-refractivity contribution in [2.45, 2.75) is 12.8 Å². The third kappa shape index (κ3) is 1.61. The van der Waals surface area contributed by atoms with Gasteiger partial charge in [0, 0.05) is 5.56 Å². The van der Waals surface area contributed by atoms with Crippen LogP contribution in [-0.2, 0) is 5.88 Å². The molecule has 0 aliphatic rings. The van der Waals surface area contributed by atoms with E-state index in [9.17, 15) is 4.79 Å². The molecule has 0 saturated heterocycles. The van der Waals surface area contributed by atoms with Crippen molar-refractivity contribution in [3.63, 3.8) is 0 Å². The third-order valence-electron chi connectivity index (χ3n) is 1.58. The number of alkyl halides is 1. The number of hydrogen-bond donors (Lipinski definition) is 0. The Hall–Kier alpha value is -0.960. The minimum absolute atomic E-state index is 0.277. The van der Waals surface area contributed by atoms with E-state index in [1.165, 1.54) is 13.2 Å². The van der Waals surface area contributed by atoms with Crippen LogP contribution >= 0.6 is 11.6 Å². The average molecular weight is 189 g/mol. The SMILES string of the molecule is COc1cc(=O)oc(C)c1CCl. The summed E-state index contributed by atoms with van der Waals surface area (Å²) in [5.74, 6) is 1.27. The van der Waals surface area contributed by atoms with Crippen LogP contribution < -0.4 is 10.4 Å². The van der Waals surface area contributed by atoms with Crippen molar-refractivity contribution in [2.75, 3.05) is 7.11 Å². The molecule has 0 radical (unpaired) electrons. The Morgan fingerprint density at radius 3 is 2.83 bits per heavy atom. The summed E-state index contributed by atoms with van der Waals surface area (Å²) < 4.78 is 9.78. The van der Waals surface area contributed by atoms with Gasteiger partial charge >= 0.3 is 5.63 Å². The second-order valence-corrected chi connectivity index (χ2v) is 2.57. The van der Waals surface area contributed by atoms with E-state index < -0.39 is 5.63 Å². The predicted octanol–water partition coefficient (Wildman–Crippen LogP) is 1.70. The number of rotatable bonds is 2. The van der Waals surface area contributed by atoms with Crippen molar-refractivity contribution >= 4 is 11.6 Å². The van der Waals surface area contributed by atoms with Crippen molar-refractivity contribution < 1.29 is 9.15 Å². The van der Waals surface area contributed by atoms with E-state index >= 15 is 0 Å². The molecular weight excluding hydrogens is 180 g/mol. The van der Waals surface area contributed by atoms with Crippen LogP contribution in [0.4, 0.5) is 0 Å². The maximum Gasteiger partial charge on any atom is 0.339 e. The molecular formula is C8H9ClO3. The summed E-state index contributed by atoms with van der Waals surface area (Å²) in [6.07, 6.45) is 0. The van der Waals surface area contributed by atoms with Crippen molar-refractivity contribution in [1.29, 1.82) is 0 Å². The van der Waals surface area contributed by atoms with E-state index in [1.807, 2.05) is 0 Å². The second-order valence-electron chi connectivity index (χ2n) is 2.30. The van der Waals surface area contributed by atoms with Crippen LogP contribution in [0.15, 0.2) is 15.3 Å². The molecule has 0 amide bonds. The second kappa shape index (κ2) is 3.63. The van der Waals surface area contributed by atoms with Crippen molar-refractivity contribution in [1.82, 2.24) is 0 Å². The highest BCUT2D eigenvalue weighted by Crippen LogP contribution is 2.20. The minimum atomic E-state index is -0.418. The first-order chi connectivity index (χ1) is 5.69. The molecule has 0 unspecified atom stereocenters. The summed E-state index contributed by atoms with van der Waals surface area (Å²) in [5.41, 5.74) is 0.303. The molecule has 0 aliphatic heterocycles. The number of methoxy groups -OCH3 is 1. The summed E-state index contributed by atoms with van der Waals surface area (Å²) in [5, 5.41) is 0. The fourth-order valence-corrected chi connectivity index (χ4v) is 1.27. The topological polar surface area (TPSA) is 39.4 Å². The Morgan fingerprint density at radius 1 is 1.67 bits per heavy atom. The molecule has 66 valence electrons. The highest BCUT2D eigenvalue weighted by molar-refractivity contribution is 6.17. The standard InChI is InChI=1S/C8H9ClO3/c1-5-6(4-9)7(11-2)3-8(10)12-5/h3H,4H2,1-2H3. The lowest BCUT2D eigenvalue weighted by Gasteiger charge is -2.05. The van der Waals surface area contributed by atoms with Crippen molar-refractivity contribution in [3.05, 3.63) is 27.8 Å². The maximum atomic E-state index is 10.8. The van der Waals surface area contributed by atoms with Gasteiger partial charge in [0.05, 0.1) is 19.1 Å². The molecule has 0 fully saturated rings. The Kier molecular flexibility index (Phi) is 2.76. The molecule has 0 bridgehead atoms. The summed E-state index contributed by atoms with van der Waals surface area (Å²) >= 11 is 5.63. The molecule has 0 atom stereocenters. The smallest absolute Gasteiger partial charge is 0.339 e. The number of hydrogen-bond acceptors (Lipinski definition) is 3. The summed E-state index contributed by atoms with van der Waals surface area (Å²) in [4.78, 5) is 10.8. The van der Waals surface area contributed by atoms with Gasteiger partial charge in [-0.25, -0.2) is 4.79 Å². The highest BCUT2D eigenvalue weighted by Gasteiger charge is 2.08. The predicted molar refractivity (Wildman–Crippen MR) is 45.8 cm³/mol. The summed E-state index contributed by atoms with van der Waals surface area (Å²) in [6.45, 7) is 1.68. The molecule has 3 nitrogen and oxygen atoms in total. The van der Waals surface area contributed by atoms with Gasteiger partial charge in [-0.1, -0.05) is 0 Å². The largest absolute Gasteiger partial charge is 0.496 e. The first-order valence-electron chi connectivity index (χ1n) is 3.42. The van der Waals surface area contributed by atoms with E-state index in [2.05, 4.69) is 0 Å². The van der Waals surface area contributed by atoms with E-state index in [1.54, 1.807) is 6.92 Å². The lowest BCUT2D eigenvalue weighted by molar-refractivity contribution is 0.391. The van der Waals surface area contributed by atoms with Crippen LogP contribution in [0.3, 0.4) is 0 Å². The molecule has 0 aromatic carbocycles. The van der Waals surface area contributed by atoms with Gasteiger partial charge in [-0.15, -0.1) is 11.6 Å². The maximum absolute atomic E-state index is 10.8. The average Bonchev–Trinajstić information content (AvgIpc) is 2.03. The quantitative estimate of drug-likeness (QED) is 0.664. The van der Waals surface area contributed by atoms with Gasteiger partial charge < -0.3 is 9.15 Å². The van der Waals surface area contributed by atoms with Gasteiger partial charge in [-0.2, -0.15) is 0 Å². The van der Waals surface area contributed by atoms with E-state index in [4.69, 9.17) is 20.8 Å². The monoisotopic (exact) mass is 188 g/mol. The van der Waals surface area contributed by atoms with Crippen LogP contribution in [0.1, 0.15) is 11.3 Å². The Balaban J connectivity index is 3.33. The van der Waals surface area contributed by atoms with Gasteiger partial charge in [-0.3, -0.25) is 0 Å². The lowest BCUT2D eigenvalue weighted by Crippen LogP contribution is -2.03. The zero-order valence-electron chi connectivity index (χ0n) is 6.89. The fraction of sp³-hybridized carbons (Fsp3) is 0.375. The minimum Gasteiger partial charge on any atom is -0.496 e. The first kappa shape index (κ1) is 9.13. The highest BCUT2D eigenvalue weighted by atomic mass is 35.5. The van der Waals surface area contributed by atoms with Crippen LogP contribution in [0, 0.1) is 6.92 Å². The van der Waals surface area contributed by atoms with Crippen LogP contribution in [0.5, 0.6) is 5.75 Å². The van der Waals surface area contributed by atoms with Gasteiger partial charge in [0.15, 0.2) is 0 Å². The van der Waals surface area contributed by atoms with Crippen LogP contribution in [0.2, 0.25) is 0 Å². The van der Waals surface area contributed by atoms with Gasteiger partial charge in [-0.05, 0) is 6.92 Å². The molecule has 0 spiro atoms. The molecule has 0 N–H and O–H groups in total. The molecule has 1 rings (SSSR count). The van der Waals surface area contributed by atoms with E-state index in [0.717, 1.165) is 5.56 Å². The fourth-order valence-electron chi connectivity index (χ4n) is 0.952. The number of ether oxygens (including phenoxy) is 1. The number of halogens is 1. The van der Waals surface area contributed by atoms with Crippen LogP contribution in [0.25, 0.3) is 0 Å². The molecule has 12 heavy (non-hydrogen) atoms. The van der Waals surface area contributed by atoms with Gasteiger partial charge in [0.1, 0.15) is 11.5 Å². The number of aryl methyl sites for hydroxylation is 1. The van der Waals surface area contributed by atoms with Crippen LogP contribution in [-0.4, -0.2) is 7.11 Å². The summed E-state index contributed by atoms with van der Waals surface area (Å²) in [6, 6.07) is 1.28. The normalized spacial score (nSPS) is 9.92. The molecule has 0 aliphatic carbocycles. The van der Waals surface area contributed by atoms with E-state index in [0.29, 0.717) is 11.5 Å². The Morgan fingerprint density at radius 2 is 2.33 bits per heavy atom. The first-order valence-corrected chi connectivity index (χ1v) is 3.96. The molecule has 0 saturated carbocycles. The van der Waals surface area contributed by atoms with Gasteiger partial charge in [0.2, 0.25) is 0 Å².